The first kappa shape index (κ1) is 10.4. The number of allylic oxidation sites excluding steroid dienone is 1. The standard InChI is InChI=1S/C11H9NO4/c13-9(4-3-7-2-1-5-16-7)8-6-10(14)12-11(8)15/h1-5,8H,6H2,(H,12,14,15)/b4-3+/t8-/m0/s1. The molecule has 5 nitrogen and oxygen atoms in total. The molecular weight excluding hydrogens is 210 g/mol. The number of amides is 2. The topological polar surface area (TPSA) is 76.4 Å². The van der Waals surface area contributed by atoms with Gasteiger partial charge < -0.3 is 4.42 Å². The van der Waals surface area contributed by atoms with Crippen molar-refractivity contribution >= 4 is 23.7 Å². The van der Waals surface area contributed by atoms with Crippen LogP contribution in [-0.4, -0.2) is 17.6 Å². The zero-order valence-electron chi connectivity index (χ0n) is 8.30. The normalized spacial score (nSPS) is 20.4. The molecule has 0 radical (unpaired) electrons. The molecule has 0 unspecified atom stereocenters. The lowest BCUT2D eigenvalue weighted by atomic mass is 10.0. The first-order valence-electron chi connectivity index (χ1n) is 4.76. The maximum absolute atomic E-state index is 11.6. The Morgan fingerprint density at radius 3 is 2.88 bits per heavy atom. The molecule has 2 amide bonds. The smallest absolute Gasteiger partial charge is 0.238 e. The molecule has 0 bridgehead atoms. The van der Waals surface area contributed by atoms with Crippen LogP contribution in [0.1, 0.15) is 12.2 Å². The molecule has 1 aromatic rings. The van der Waals surface area contributed by atoms with Gasteiger partial charge in [0.25, 0.3) is 0 Å². The molecule has 16 heavy (non-hydrogen) atoms. The van der Waals surface area contributed by atoms with Gasteiger partial charge in [-0.1, -0.05) is 0 Å². The first-order chi connectivity index (χ1) is 7.66. The third-order valence-electron chi connectivity index (χ3n) is 2.27. The van der Waals surface area contributed by atoms with Crippen LogP contribution in [0.2, 0.25) is 0 Å². The second-order valence-corrected chi connectivity index (χ2v) is 3.42. The summed E-state index contributed by atoms with van der Waals surface area (Å²) < 4.78 is 4.99. The third-order valence-corrected chi connectivity index (χ3v) is 2.27. The zero-order chi connectivity index (χ0) is 11.5. The van der Waals surface area contributed by atoms with E-state index in [0.29, 0.717) is 5.76 Å². The fourth-order valence-electron chi connectivity index (χ4n) is 1.45. The Morgan fingerprint density at radius 1 is 1.50 bits per heavy atom. The second kappa shape index (κ2) is 4.14. The maximum atomic E-state index is 11.6. The minimum absolute atomic E-state index is 0.0693. The summed E-state index contributed by atoms with van der Waals surface area (Å²) in [5, 5.41) is 2.08. The molecule has 1 aliphatic heterocycles. The molecule has 82 valence electrons. The highest BCUT2D eigenvalue weighted by Crippen LogP contribution is 2.13. The Labute approximate surface area is 91.1 Å². The number of imide groups is 1. The lowest BCUT2D eigenvalue weighted by Crippen LogP contribution is -2.25. The van der Waals surface area contributed by atoms with Crippen LogP contribution >= 0.6 is 0 Å². The van der Waals surface area contributed by atoms with Gasteiger partial charge >= 0.3 is 0 Å². The molecule has 0 saturated carbocycles. The quantitative estimate of drug-likeness (QED) is 0.457. The van der Waals surface area contributed by atoms with E-state index < -0.39 is 17.7 Å². The average molecular weight is 219 g/mol. The van der Waals surface area contributed by atoms with Crippen molar-refractivity contribution in [2.45, 2.75) is 6.42 Å². The average Bonchev–Trinajstić information content (AvgIpc) is 2.84. The summed E-state index contributed by atoms with van der Waals surface area (Å²) in [6.45, 7) is 0. The molecule has 1 aliphatic rings. The van der Waals surface area contributed by atoms with Gasteiger partial charge in [-0.3, -0.25) is 19.7 Å². The fraction of sp³-hybridized carbons (Fsp3) is 0.182. The molecule has 1 atom stereocenters. The summed E-state index contributed by atoms with van der Waals surface area (Å²) >= 11 is 0. The van der Waals surface area contributed by atoms with Crippen LogP contribution in [0, 0.1) is 5.92 Å². The van der Waals surface area contributed by atoms with E-state index in [2.05, 4.69) is 5.32 Å². The Morgan fingerprint density at radius 2 is 2.31 bits per heavy atom. The summed E-state index contributed by atoms with van der Waals surface area (Å²) in [7, 11) is 0. The number of hydrogen-bond donors (Lipinski definition) is 1. The summed E-state index contributed by atoms with van der Waals surface area (Å²) in [5.74, 6) is -1.69. The molecule has 1 aromatic heterocycles. The number of nitrogens with one attached hydrogen (secondary N) is 1. The van der Waals surface area contributed by atoms with Crippen molar-refractivity contribution in [1.29, 1.82) is 0 Å². The van der Waals surface area contributed by atoms with Gasteiger partial charge in [0.1, 0.15) is 11.7 Å². The molecule has 1 saturated heterocycles. The molecule has 1 N–H and O–H groups in total. The fourth-order valence-corrected chi connectivity index (χ4v) is 1.45. The van der Waals surface area contributed by atoms with Crippen molar-refractivity contribution in [2.24, 2.45) is 5.92 Å². The van der Waals surface area contributed by atoms with E-state index in [4.69, 9.17) is 4.42 Å². The van der Waals surface area contributed by atoms with Crippen LogP contribution in [0.3, 0.4) is 0 Å². The SMILES string of the molecule is O=C1C[C@@H](C(=O)/C=C/c2ccco2)C(=O)N1. The van der Waals surface area contributed by atoms with Crippen molar-refractivity contribution in [2.75, 3.05) is 0 Å². The molecule has 2 rings (SSSR count). The first-order valence-corrected chi connectivity index (χ1v) is 4.76. The summed E-state index contributed by atoms with van der Waals surface area (Å²) in [6.07, 6.45) is 4.14. The number of furan rings is 1. The van der Waals surface area contributed by atoms with Gasteiger partial charge in [0.2, 0.25) is 11.8 Å². The van der Waals surface area contributed by atoms with Crippen LogP contribution < -0.4 is 5.32 Å². The lowest BCUT2D eigenvalue weighted by Gasteiger charge is -1.98. The molecule has 0 aromatic carbocycles. The van der Waals surface area contributed by atoms with Gasteiger partial charge in [-0.05, 0) is 24.3 Å². The van der Waals surface area contributed by atoms with Crippen LogP contribution in [0.25, 0.3) is 6.08 Å². The number of carbonyl (C=O) groups excluding carboxylic acids is 3. The second-order valence-electron chi connectivity index (χ2n) is 3.42. The summed E-state index contributed by atoms with van der Waals surface area (Å²) in [5.41, 5.74) is 0. The Balaban J connectivity index is 2.04. The highest BCUT2D eigenvalue weighted by molar-refractivity contribution is 6.17. The largest absolute Gasteiger partial charge is 0.465 e. The Hall–Kier alpha value is -2.17. The van der Waals surface area contributed by atoms with E-state index in [1.165, 1.54) is 18.4 Å². The van der Waals surface area contributed by atoms with Crippen molar-refractivity contribution in [3.63, 3.8) is 0 Å². The van der Waals surface area contributed by atoms with Gasteiger partial charge in [0.05, 0.1) is 6.26 Å². The predicted octanol–water partition coefficient (Wildman–Crippen LogP) is 0.525. The van der Waals surface area contributed by atoms with Crippen LogP contribution in [0.15, 0.2) is 28.9 Å². The number of carbonyl (C=O) groups is 3. The third kappa shape index (κ3) is 2.08. The Kier molecular flexibility index (Phi) is 2.68. The zero-order valence-corrected chi connectivity index (χ0v) is 8.30. The lowest BCUT2D eigenvalue weighted by molar-refractivity contribution is -0.129. The van der Waals surface area contributed by atoms with Crippen LogP contribution in [0.5, 0.6) is 0 Å². The predicted molar refractivity (Wildman–Crippen MR) is 54.0 cm³/mol. The monoisotopic (exact) mass is 219 g/mol. The van der Waals surface area contributed by atoms with Gasteiger partial charge in [-0.2, -0.15) is 0 Å². The van der Waals surface area contributed by atoms with E-state index in [-0.39, 0.29) is 12.2 Å². The number of ketones is 1. The van der Waals surface area contributed by atoms with E-state index >= 15 is 0 Å². The molecule has 0 aliphatic carbocycles. The van der Waals surface area contributed by atoms with Gasteiger partial charge in [-0.25, -0.2) is 0 Å². The molecule has 2 heterocycles. The van der Waals surface area contributed by atoms with E-state index in [0.717, 1.165) is 0 Å². The molecule has 1 fully saturated rings. The van der Waals surface area contributed by atoms with Gasteiger partial charge in [0.15, 0.2) is 5.78 Å². The van der Waals surface area contributed by atoms with Crippen molar-refractivity contribution in [3.05, 3.63) is 30.2 Å². The maximum Gasteiger partial charge on any atom is 0.238 e. The van der Waals surface area contributed by atoms with Crippen LogP contribution in [0.4, 0.5) is 0 Å². The minimum atomic E-state index is -0.890. The molecule has 5 heteroatoms. The van der Waals surface area contributed by atoms with Gasteiger partial charge in [0, 0.05) is 6.42 Å². The number of rotatable bonds is 3. The summed E-state index contributed by atoms with van der Waals surface area (Å²) in [4.78, 5) is 33.6. The molecular formula is C11H9NO4. The Bertz CT molecular complexity index is 458. The molecule has 0 spiro atoms. The summed E-state index contributed by atoms with van der Waals surface area (Å²) in [6, 6.07) is 3.37. The van der Waals surface area contributed by atoms with Crippen molar-refractivity contribution in [3.8, 4) is 0 Å². The minimum Gasteiger partial charge on any atom is -0.465 e. The van der Waals surface area contributed by atoms with E-state index in [9.17, 15) is 14.4 Å². The van der Waals surface area contributed by atoms with Crippen molar-refractivity contribution in [1.82, 2.24) is 5.32 Å². The van der Waals surface area contributed by atoms with Gasteiger partial charge in [-0.15, -0.1) is 0 Å². The van der Waals surface area contributed by atoms with E-state index in [1.54, 1.807) is 12.1 Å². The number of hydrogen-bond acceptors (Lipinski definition) is 4. The van der Waals surface area contributed by atoms with Crippen molar-refractivity contribution < 1.29 is 18.8 Å². The highest BCUT2D eigenvalue weighted by Gasteiger charge is 2.34. The van der Waals surface area contributed by atoms with Crippen LogP contribution in [-0.2, 0) is 14.4 Å². The van der Waals surface area contributed by atoms with E-state index in [1.807, 2.05) is 0 Å². The highest BCUT2D eigenvalue weighted by atomic mass is 16.3.